The van der Waals surface area contributed by atoms with Gasteiger partial charge in [-0.3, -0.25) is 9.69 Å². The number of nitrogens with zero attached hydrogens (tertiary/aromatic N) is 1. The van der Waals surface area contributed by atoms with Gasteiger partial charge in [0.2, 0.25) is 5.91 Å². The number of hydrogen-bond acceptors (Lipinski definition) is 3. The Labute approximate surface area is 165 Å². The molecule has 3 nitrogen and oxygen atoms in total. The Morgan fingerprint density at radius 1 is 1.08 bits per heavy atom. The Morgan fingerprint density at radius 3 is 2.35 bits per heavy atom. The van der Waals surface area contributed by atoms with E-state index in [9.17, 15) is 4.79 Å². The van der Waals surface area contributed by atoms with Crippen molar-refractivity contribution in [2.24, 2.45) is 0 Å². The maximum absolute atomic E-state index is 12.3. The fourth-order valence-electron chi connectivity index (χ4n) is 3.07. The number of carbonyl (C=O) groups is 1. The van der Waals surface area contributed by atoms with E-state index in [1.807, 2.05) is 31.2 Å². The lowest BCUT2D eigenvalue weighted by Gasteiger charge is -2.15. The van der Waals surface area contributed by atoms with E-state index in [0.29, 0.717) is 11.6 Å². The zero-order chi connectivity index (χ0) is 18.4. The second kappa shape index (κ2) is 9.45. The molecule has 0 radical (unpaired) electrons. The molecule has 1 saturated heterocycles. The smallest absolute Gasteiger partial charge is 0.233 e. The molecule has 1 heterocycles. The third kappa shape index (κ3) is 5.76. The first-order valence-electron chi connectivity index (χ1n) is 9.10. The monoisotopic (exact) mass is 388 g/mol. The summed E-state index contributed by atoms with van der Waals surface area (Å²) >= 11 is 7.44. The average Bonchev–Trinajstić information content (AvgIpc) is 3.16. The fourth-order valence-corrected chi connectivity index (χ4v) is 4.08. The summed E-state index contributed by atoms with van der Waals surface area (Å²) in [6.45, 7) is 5.94. The minimum Gasteiger partial charge on any atom is -0.351 e. The molecule has 138 valence electrons. The molecule has 0 unspecified atom stereocenters. The Bertz CT molecular complexity index is 712. The highest BCUT2D eigenvalue weighted by Crippen LogP contribution is 2.24. The van der Waals surface area contributed by atoms with Gasteiger partial charge in [-0.25, -0.2) is 0 Å². The standard InChI is InChI=1S/C21H25ClN2OS/c1-16(26-20-10-8-19(22)9-11-20)21(25)23-14-17-4-6-18(7-5-17)15-24-12-2-3-13-24/h4-11,16H,2-3,12-15H2,1H3,(H,23,25)/t16-/m1/s1. The van der Waals surface area contributed by atoms with Crippen LogP contribution in [-0.4, -0.2) is 29.1 Å². The van der Waals surface area contributed by atoms with Gasteiger partial charge in [-0.1, -0.05) is 35.9 Å². The van der Waals surface area contributed by atoms with Crippen LogP contribution in [0.2, 0.25) is 5.02 Å². The van der Waals surface area contributed by atoms with Gasteiger partial charge in [0.05, 0.1) is 5.25 Å². The molecule has 1 aliphatic rings. The molecule has 2 aromatic rings. The molecule has 2 aromatic carbocycles. The summed E-state index contributed by atoms with van der Waals surface area (Å²) in [5.41, 5.74) is 2.47. The van der Waals surface area contributed by atoms with E-state index in [1.54, 1.807) is 0 Å². The second-order valence-electron chi connectivity index (χ2n) is 6.73. The van der Waals surface area contributed by atoms with Crippen LogP contribution in [0.1, 0.15) is 30.9 Å². The zero-order valence-corrected chi connectivity index (χ0v) is 16.7. The summed E-state index contributed by atoms with van der Waals surface area (Å²) in [4.78, 5) is 15.9. The summed E-state index contributed by atoms with van der Waals surface area (Å²) in [6.07, 6.45) is 2.63. The molecule has 1 fully saturated rings. The molecule has 26 heavy (non-hydrogen) atoms. The summed E-state index contributed by atoms with van der Waals surface area (Å²) in [5, 5.41) is 3.59. The molecule has 5 heteroatoms. The third-order valence-electron chi connectivity index (χ3n) is 4.59. The van der Waals surface area contributed by atoms with Crippen LogP contribution in [0.5, 0.6) is 0 Å². The van der Waals surface area contributed by atoms with Crippen LogP contribution in [0.4, 0.5) is 0 Å². The number of hydrogen-bond donors (Lipinski definition) is 1. The third-order valence-corrected chi connectivity index (χ3v) is 5.95. The van der Waals surface area contributed by atoms with Crippen LogP contribution in [0, 0.1) is 0 Å². The van der Waals surface area contributed by atoms with E-state index in [-0.39, 0.29) is 11.2 Å². The van der Waals surface area contributed by atoms with E-state index in [4.69, 9.17) is 11.6 Å². The van der Waals surface area contributed by atoms with Gasteiger partial charge in [-0.2, -0.15) is 0 Å². The van der Waals surface area contributed by atoms with Crippen molar-refractivity contribution in [1.29, 1.82) is 0 Å². The van der Waals surface area contributed by atoms with Gasteiger partial charge in [-0.05, 0) is 68.2 Å². The highest BCUT2D eigenvalue weighted by molar-refractivity contribution is 8.00. The molecule has 0 spiro atoms. The summed E-state index contributed by atoms with van der Waals surface area (Å²) in [6, 6.07) is 16.1. The van der Waals surface area contributed by atoms with Crippen molar-refractivity contribution in [1.82, 2.24) is 10.2 Å². The molecule has 1 amide bonds. The van der Waals surface area contributed by atoms with Crippen LogP contribution >= 0.6 is 23.4 Å². The summed E-state index contributed by atoms with van der Waals surface area (Å²) in [5.74, 6) is 0.0473. The summed E-state index contributed by atoms with van der Waals surface area (Å²) < 4.78 is 0. The maximum atomic E-state index is 12.3. The second-order valence-corrected chi connectivity index (χ2v) is 8.58. The largest absolute Gasteiger partial charge is 0.351 e. The zero-order valence-electron chi connectivity index (χ0n) is 15.1. The van der Waals surface area contributed by atoms with E-state index in [2.05, 4.69) is 34.5 Å². The molecular formula is C21H25ClN2OS. The number of thioether (sulfide) groups is 1. The topological polar surface area (TPSA) is 32.3 Å². The number of amides is 1. The van der Waals surface area contributed by atoms with Gasteiger partial charge < -0.3 is 5.32 Å². The molecule has 0 bridgehead atoms. The first kappa shape index (κ1) is 19.3. The predicted molar refractivity (Wildman–Crippen MR) is 110 cm³/mol. The first-order valence-corrected chi connectivity index (χ1v) is 10.4. The molecule has 1 atom stereocenters. The normalized spacial score (nSPS) is 15.8. The van der Waals surface area contributed by atoms with Crippen LogP contribution in [0.15, 0.2) is 53.4 Å². The van der Waals surface area contributed by atoms with Crippen molar-refractivity contribution in [2.75, 3.05) is 13.1 Å². The van der Waals surface area contributed by atoms with E-state index >= 15 is 0 Å². The number of halogens is 1. The van der Waals surface area contributed by atoms with E-state index in [0.717, 1.165) is 17.0 Å². The van der Waals surface area contributed by atoms with Gasteiger partial charge in [-0.15, -0.1) is 11.8 Å². The minimum atomic E-state index is -0.148. The Balaban J connectivity index is 1.45. The van der Waals surface area contributed by atoms with Crippen molar-refractivity contribution in [3.05, 3.63) is 64.7 Å². The molecule has 0 aromatic heterocycles. The number of benzene rings is 2. The van der Waals surface area contributed by atoms with Crippen molar-refractivity contribution in [3.63, 3.8) is 0 Å². The first-order chi connectivity index (χ1) is 12.6. The van der Waals surface area contributed by atoms with Gasteiger partial charge in [0.25, 0.3) is 0 Å². The molecule has 1 N–H and O–H groups in total. The molecule has 0 saturated carbocycles. The van der Waals surface area contributed by atoms with Gasteiger partial charge in [0, 0.05) is 23.0 Å². The van der Waals surface area contributed by atoms with Crippen molar-refractivity contribution < 1.29 is 4.79 Å². The van der Waals surface area contributed by atoms with Crippen molar-refractivity contribution >= 4 is 29.3 Å². The lowest BCUT2D eigenvalue weighted by Crippen LogP contribution is -2.30. The number of nitrogens with one attached hydrogen (secondary N) is 1. The van der Waals surface area contributed by atoms with Crippen LogP contribution in [-0.2, 0) is 17.9 Å². The maximum Gasteiger partial charge on any atom is 0.233 e. The van der Waals surface area contributed by atoms with Crippen molar-refractivity contribution in [2.45, 2.75) is 43.0 Å². The number of likely N-dealkylation sites (tertiary alicyclic amines) is 1. The Hall–Kier alpha value is -1.49. The average molecular weight is 389 g/mol. The van der Waals surface area contributed by atoms with E-state index < -0.39 is 0 Å². The molecule has 0 aliphatic carbocycles. The quantitative estimate of drug-likeness (QED) is 0.695. The molecular weight excluding hydrogens is 364 g/mol. The Morgan fingerprint density at radius 2 is 1.69 bits per heavy atom. The molecule has 3 rings (SSSR count). The minimum absolute atomic E-state index is 0.0473. The lowest BCUT2D eigenvalue weighted by atomic mass is 10.1. The van der Waals surface area contributed by atoms with Crippen LogP contribution < -0.4 is 5.32 Å². The van der Waals surface area contributed by atoms with Crippen LogP contribution in [0.3, 0.4) is 0 Å². The lowest BCUT2D eigenvalue weighted by molar-refractivity contribution is -0.120. The highest BCUT2D eigenvalue weighted by Gasteiger charge is 2.14. The van der Waals surface area contributed by atoms with Gasteiger partial charge >= 0.3 is 0 Å². The van der Waals surface area contributed by atoms with Crippen LogP contribution in [0.25, 0.3) is 0 Å². The highest BCUT2D eigenvalue weighted by atomic mass is 35.5. The number of carbonyl (C=O) groups excluding carboxylic acids is 1. The predicted octanol–water partition coefficient (Wildman–Crippen LogP) is 4.73. The molecule has 1 aliphatic heterocycles. The Kier molecular flexibility index (Phi) is 7.00. The van der Waals surface area contributed by atoms with Crippen molar-refractivity contribution in [3.8, 4) is 0 Å². The SMILES string of the molecule is C[C@@H](Sc1ccc(Cl)cc1)C(=O)NCc1ccc(CN2CCCC2)cc1. The van der Waals surface area contributed by atoms with Gasteiger partial charge in [0.15, 0.2) is 0 Å². The van der Waals surface area contributed by atoms with E-state index in [1.165, 1.54) is 43.3 Å². The van der Waals surface area contributed by atoms with Gasteiger partial charge in [0.1, 0.15) is 0 Å². The number of rotatable bonds is 7. The summed E-state index contributed by atoms with van der Waals surface area (Å²) in [7, 11) is 0. The fraction of sp³-hybridized carbons (Fsp3) is 0.381.